The molecule has 1 heterocycles. The third-order valence-electron chi connectivity index (χ3n) is 4.64. The number of halogens is 3. The van der Waals surface area contributed by atoms with Gasteiger partial charge in [-0.25, -0.2) is 4.68 Å². The monoisotopic (exact) mass is 476 g/mol. The van der Waals surface area contributed by atoms with Crippen LogP contribution in [0.3, 0.4) is 0 Å². The van der Waals surface area contributed by atoms with Crippen LogP contribution in [-0.4, -0.2) is 27.4 Å². The van der Waals surface area contributed by atoms with Crippen LogP contribution in [0.2, 0.25) is 0 Å². The van der Waals surface area contributed by atoms with Crippen molar-refractivity contribution in [3.8, 4) is 11.4 Å². The average molecular weight is 477 g/mol. The molecule has 0 radical (unpaired) electrons. The van der Waals surface area contributed by atoms with Gasteiger partial charge in [0.25, 0.3) is 5.91 Å². The molecule has 0 aliphatic rings. The van der Waals surface area contributed by atoms with Crippen molar-refractivity contribution in [1.29, 1.82) is 0 Å². The molecule has 0 aliphatic heterocycles. The molecule has 1 amide bonds. The van der Waals surface area contributed by atoms with E-state index in [2.05, 4.69) is 22.7 Å². The van der Waals surface area contributed by atoms with E-state index >= 15 is 0 Å². The summed E-state index contributed by atoms with van der Waals surface area (Å²) >= 11 is 5.10. The SMILES string of the molecule is CCCCCOc1ccc(NC(=S)NC(=O)c2cnn(-c3ccccc3)c2C(F)(F)F)cc1. The molecule has 33 heavy (non-hydrogen) atoms. The normalized spacial score (nSPS) is 11.2. The zero-order chi connectivity index (χ0) is 23.8. The molecule has 0 saturated heterocycles. The quantitative estimate of drug-likeness (QED) is 0.328. The Labute approximate surface area is 194 Å². The lowest BCUT2D eigenvalue weighted by molar-refractivity contribution is -0.143. The van der Waals surface area contributed by atoms with Crippen molar-refractivity contribution in [2.45, 2.75) is 32.4 Å². The summed E-state index contributed by atoms with van der Waals surface area (Å²) in [5, 5.41) is 8.69. The highest BCUT2D eigenvalue weighted by Gasteiger charge is 2.40. The summed E-state index contributed by atoms with van der Waals surface area (Å²) in [4.78, 5) is 12.6. The second-order valence-electron chi connectivity index (χ2n) is 7.14. The molecule has 6 nitrogen and oxygen atoms in total. The molecule has 2 N–H and O–H groups in total. The topological polar surface area (TPSA) is 68.2 Å². The number of hydrogen-bond donors (Lipinski definition) is 2. The third-order valence-corrected chi connectivity index (χ3v) is 4.84. The number of para-hydroxylation sites is 1. The van der Waals surface area contributed by atoms with Crippen molar-refractivity contribution >= 4 is 28.9 Å². The Kier molecular flexibility index (Phi) is 8.05. The van der Waals surface area contributed by atoms with Crippen molar-refractivity contribution in [3.05, 3.63) is 72.1 Å². The molecule has 1 aromatic heterocycles. The van der Waals surface area contributed by atoms with Gasteiger partial charge >= 0.3 is 6.18 Å². The zero-order valence-corrected chi connectivity index (χ0v) is 18.7. The first-order valence-corrected chi connectivity index (χ1v) is 10.8. The molecule has 0 saturated carbocycles. The van der Waals surface area contributed by atoms with Gasteiger partial charge in [0.15, 0.2) is 10.8 Å². The lowest BCUT2D eigenvalue weighted by Crippen LogP contribution is -2.35. The molecule has 0 aliphatic carbocycles. The second kappa shape index (κ2) is 11.0. The fourth-order valence-electron chi connectivity index (χ4n) is 3.06. The van der Waals surface area contributed by atoms with Gasteiger partial charge in [-0.15, -0.1) is 0 Å². The van der Waals surface area contributed by atoms with E-state index in [-0.39, 0.29) is 10.8 Å². The van der Waals surface area contributed by atoms with Crippen LogP contribution < -0.4 is 15.4 Å². The maximum absolute atomic E-state index is 13.7. The summed E-state index contributed by atoms with van der Waals surface area (Å²) in [5.74, 6) is -0.326. The maximum atomic E-state index is 13.7. The smallest absolute Gasteiger partial charge is 0.434 e. The maximum Gasteiger partial charge on any atom is 0.434 e. The third kappa shape index (κ3) is 6.55. The Balaban J connectivity index is 1.66. The van der Waals surface area contributed by atoms with Crippen LogP contribution in [0.4, 0.5) is 18.9 Å². The number of unbranched alkanes of at least 4 members (excludes halogenated alkanes) is 2. The molecule has 3 aromatic rings. The van der Waals surface area contributed by atoms with Gasteiger partial charge in [-0.05, 0) is 55.0 Å². The van der Waals surface area contributed by atoms with E-state index < -0.39 is 23.3 Å². The largest absolute Gasteiger partial charge is 0.494 e. The highest BCUT2D eigenvalue weighted by atomic mass is 32.1. The van der Waals surface area contributed by atoms with E-state index in [1.165, 1.54) is 12.1 Å². The number of alkyl halides is 3. The number of aromatic nitrogens is 2. The summed E-state index contributed by atoms with van der Waals surface area (Å²) in [6, 6.07) is 14.6. The van der Waals surface area contributed by atoms with E-state index in [1.807, 2.05) is 0 Å². The van der Waals surface area contributed by atoms with Gasteiger partial charge in [-0.2, -0.15) is 18.3 Å². The van der Waals surface area contributed by atoms with E-state index in [4.69, 9.17) is 17.0 Å². The van der Waals surface area contributed by atoms with Crippen LogP contribution in [0.5, 0.6) is 5.75 Å². The van der Waals surface area contributed by atoms with E-state index in [0.29, 0.717) is 22.7 Å². The number of carbonyl (C=O) groups excluding carboxylic acids is 1. The summed E-state index contributed by atoms with van der Waals surface area (Å²) in [5.41, 5.74) is -1.08. The minimum absolute atomic E-state index is 0.141. The molecule has 0 bridgehead atoms. The zero-order valence-electron chi connectivity index (χ0n) is 17.9. The molecular weight excluding hydrogens is 453 g/mol. The lowest BCUT2D eigenvalue weighted by Gasteiger charge is -2.14. The van der Waals surface area contributed by atoms with Crippen molar-refractivity contribution in [2.75, 3.05) is 11.9 Å². The van der Waals surface area contributed by atoms with Gasteiger partial charge in [0.05, 0.1) is 24.1 Å². The molecule has 0 unspecified atom stereocenters. The van der Waals surface area contributed by atoms with Crippen LogP contribution in [0, 0.1) is 0 Å². The Hall–Kier alpha value is -3.40. The highest BCUT2D eigenvalue weighted by molar-refractivity contribution is 7.80. The Morgan fingerprint density at radius 2 is 1.79 bits per heavy atom. The number of hydrogen-bond acceptors (Lipinski definition) is 4. The van der Waals surface area contributed by atoms with Gasteiger partial charge in [-0.1, -0.05) is 38.0 Å². The standard InChI is InChI=1S/C23H23F3N4O2S/c1-2-3-7-14-32-18-12-10-16(11-13-18)28-22(33)29-21(31)19-15-27-30(20(19)23(24,25)26)17-8-5-4-6-9-17/h4-6,8-13,15H,2-3,7,14H2,1H3,(H2,28,29,31,33). The first kappa shape index (κ1) is 24.2. The van der Waals surface area contributed by atoms with Crippen molar-refractivity contribution in [1.82, 2.24) is 15.1 Å². The van der Waals surface area contributed by atoms with Crippen molar-refractivity contribution in [2.24, 2.45) is 0 Å². The summed E-state index contributed by atoms with van der Waals surface area (Å²) in [7, 11) is 0. The van der Waals surface area contributed by atoms with Gasteiger partial charge in [0.2, 0.25) is 0 Å². The molecule has 3 rings (SSSR count). The summed E-state index contributed by atoms with van der Waals surface area (Å²) < 4.78 is 47.5. The minimum Gasteiger partial charge on any atom is -0.494 e. The Bertz CT molecular complexity index is 1080. The number of rotatable bonds is 8. The number of nitrogens with zero attached hydrogens (tertiary/aromatic N) is 2. The van der Waals surface area contributed by atoms with Crippen molar-refractivity contribution in [3.63, 3.8) is 0 Å². The van der Waals surface area contributed by atoms with Crippen LogP contribution in [0.1, 0.15) is 42.2 Å². The Morgan fingerprint density at radius 1 is 1.09 bits per heavy atom. The van der Waals surface area contributed by atoms with Crippen LogP contribution in [-0.2, 0) is 6.18 Å². The number of benzene rings is 2. The minimum atomic E-state index is -4.80. The predicted molar refractivity (Wildman–Crippen MR) is 124 cm³/mol. The number of amides is 1. The molecule has 0 atom stereocenters. The molecular formula is C23H23F3N4O2S. The molecule has 0 spiro atoms. The number of nitrogens with one attached hydrogen (secondary N) is 2. The van der Waals surface area contributed by atoms with E-state index in [0.717, 1.165) is 25.5 Å². The Morgan fingerprint density at radius 3 is 2.42 bits per heavy atom. The van der Waals surface area contributed by atoms with E-state index in [1.54, 1.807) is 42.5 Å². The predicted octanol–water partition coefficient (Wildman–Crippen LogP) is 5.59. The van der Waals surface area contributed by atoms with Gasteiger partial charge < -0.3 is 10.1 Å². The van der Waals surface area contributed by atoms with Crippen LogP contribution >= 0.6 is 12.2 Å². The van der Waals surface area contributed by atoms with E-state index in [9.17, 15) is 18.0 Å². The number of thiocarbonyl (C=S) groups is 1. The molecule has 10 heteroatoms. The molecule has 2 aromatic carbocycles. The molecule has 174 valence electrons. The van der Waals surface area contributed by atoms with Crippen LogP contribution in [0.25, 0.3) is 5.69 Å². The first-order valence-electron chi connectivity index (χ1n) is 10.4. The second-order valence-corrected chi connectivity index (χ2v) is 7.55. The lowest BCUT2D eigenvalue weighted by atomic mass is 10.2. The first-order chi connectivity index (χ1) is 15.8. The summed E-state index contributed by atoms with van der Waals surface area (Å²) in [6.45, 7) is 2.73. The fourth-order valence-corrected chi connectivity index (χ4v) is 3.27. The van der Waals surface area contributed by atoms with Gasteiger partial charge in [0, 0.05) is 5.69 Å². The fraction of sp³-hybridized carbons (Fsp3) is 0.261. The van der Waals surface area contributed by atoms with Gasteiger partial charge in [-0.3, -0.25) is 10.1 Å². The van der Waals surface area contributed by atoms with Gasteiger partial charge in [0.1, 0.15) is 5.75 Å². The number of ether oxygens (including phenoxy) is 1. The molecule has 0 fully saturated rings. The highest BCUT2D eigenvalue weighted by Crippen LogP contribution is 2.33. The number of carbonyl (C=O) groups is 1. The number of anilines is 1. The summed E-state index contributed by atoms with van der Waals surface area (Å²) in [6.07, 6.45) is -0.770. The average Bonchev–Trinajstić information content (AvgIpc) is 3.25. The van der Waals surface area contributed by atoms with Crippen molar-refractivity contribution < 1.29 is 22.7 Å². The van der Waals surface area contributed by atoms with Crippen LogP contribution in [0.15, 0.2) is 60.8 Å².